The summed E-state index contributed by atoms with van der Waals surface area (Å²) in [6, 6.07) is 7.00. The summed E-state index contributed by atoms with van der Waals surface area (Å²) in [5, 5.41) is 0. The number of benzene rings is 1. The highest BCUT2D eigenvalue weighted by atomic mass is 14.8. The van der Waals surface area contributed by atoms with Gasteiger partial charge in [0.2, 0.25) is 0 Å². The first-order chi connectivity index (χ1) is 9.36. The molecule has 0 amide bonds. The van der Waals surface area contributed by atoms with Gasteiger partial charge >= 0.3 is 0 Å². The molecule has 1 aromatic carbocycles. The lowest BCUT2D eigenvalue weighted by Gasteiger charge is -2.23. The van der Waals surface area contributed by atoms with Crippen molar-refractivity contribution in [2.24, 2.45) is 10.9 Å². The van der Waals surface area contributed by atoms with Crippen molar-refractivity contribution >= 4 is 11.4 Å². The Morgan fingerprint density at radius 2 is 1.85 bits per heavy atom. The van der Waals surface area contributed by atoms with E-state index in [1.807, 2.05) is 0 Å². The van der Waals surface area contributed by atoms with Crippen molar-refractivity contribution in [2.75, 3.05) is 0 Å². The Labute approximate surface area is 122 Å². The van der Waals surface area contributed by atoms with Crippen LogP contribution in [0.25, 0.3) is 5.70 Å². The van der Waals surface area contributed by atoms with Crippen LogP contribution in [0.1, 0.15) is 64.2 Å². The molecule has 0 atom stereocenters. The molecule has 2 aliphatic rings. The highest BCUT2D eigenvalue weighted by molar-refractivity contribution is 5.99. The van der Waals surface area contributed by atoms with Gasteiger partial charge < -0.3 is 0 Å². The van der Waals surface area contributed by atoms with Crippen LogP contribution >= 0.6 is 0 Å². The van der Waals surface area contributed by atoms with Crippen LogP contribution in [-0.4, -0.2) is 5.71 Å². The summed E-state index contributed by atoms with van der Waals surface area (Å²) in [7, 11) is 0. The Morgan fingerprint density at radius 3 is 2.50 bits per heavy atom. The molecule has 20 heavy (non-hydrogen) atoms. The summed E-state index contributed by atoms with van der Waals surface area (Å²) < 4.78 is 0. The van der Waals surface area contributed by atoms with E-state index in [2.05, 4.69) is 52.8 Å². The van der Waals surface area contributed by atoms with E-state index in [1.54, 1.807) is 5.57 Å². The summed E-state index contributed by atoms with van der Waals surface area (Å²) in [5.74, 6) is 0.567. The van der Waals surface area contributed by atoms with Crippen LogP contribution < -0.4 is 0 Å². The number of fused-ring (bicyclic) bond motifs is 2. The molecule has 0 radical (unpaired) electrons. The number of hydrogen-bond acceptors (Lipinski definition) is 1. The standard InChI is InChI=1S/C19H25N/c1-12(2)17-11-14-7-6-13-10-15(19(3,4)5)8-9-16(13)18(14)20-17/h8-10,12H,6-7,11H2,1-5H3. The Hall–Kier alpha value is -1.37. The zero-order valence-electron chi connectivity index (χ0n) is 13.4. The molecule has 1 heterocycles. The van der Waals surface area contributed by atoms with E-state index < -0.39 is 0 Å². The van der Waals surface area contributed by atoms with Gasteiger partial charge in [-0.1, -0.05) is 52.8 Å². The molecule has 0 fully saturated rings. The van der Waals surface area contributed by atoms with Gasteiger partial charge in [0.15, 0.2) is 0 Å². The SMILES string of the molecule is CC(C)C1=NC2=C(CCc3cc(C(C)(C)C)ccc32)C1. The van der Waals surface area contributed by atoms with Crippen LogP contribution in [0.3, 0.4) is 0 Å². The summed E-state index contributed by atoms with van der Waals surface area (Å²) in [6.07, 6.45) is 3.47. The lowest BCUT2D eigenvalue weighted by Crippen LogP contribution is -2.13. The van der Waals surface area contributed by atoms with E-state index in [9.17, 15) is 0 Å². The average Bonchev–Trinajstić information content (AvgIpc) is 2.81. The second-order valence-electron chi connectivity index (χ2n) is 7.51. The fourth-order valence-corrected chi connectivity index (χ4v) is 3.14. The predicted molar refractivity (Wildman–Crippen MR) is 87.3 cm³/mol. The third-order valence-corrected chi connectivity index (χ3v) is 4.57. The Balaban J connectivity index is 2.02. The molecular weight excluding hydrogens is 242 g/mol. The van der Waals surface area contributed by atoms with Crippen molar-refractivity contribution in [3.63, 3.8) is 0 Å². The van der Waals surface area contributed by atoms with Gasteiger partial charge in [0.1, 0.15) is 0 Å². The van der Waals surface area contributed by atoms with Crippen molar-refractivity contribution in [3.8, 4) is 0 Å². The van der Waals surface area contributed by atoms with E-state index in [4.69, 9.17) is 4.99 Å². The number of allylic oxidation sites excluding steroid dienone is 1. The summed E-state index contributed by atoms with van der Waals surface area (Å²) in [5.41, 5.74) is 8.75. The monoisotopic (exact) mass is 267 g/mol. The quantitative estimate of drug-likeness (QED) is 0.668. The van der Waals surface area contributed by atoms with Gasteiger partial charge in [0.05, 0.1) is 5.70 Å². The molecule has 1 aliphatic heterocycles. The van der Waals surface area contributed by atoms with Gasteiger partial charge in [-0.2, -0.15) is 0 Å². The molecule has 1 aromatic rings. The Bertz CT molecular complexity index is 609. The van der Waals surface area contributed by atoms with Crippen molar-refractivity contribution in [3.05, 3.63) is 40.5 Å². The van der Waals surface area contributed by atoms with E-state index in [0.29, 0.717) is 5.92 Å². The van der Waals surface area contributed by atoms with Crippen LogP contribution in [0.5, 0.6) is 0 Å². The normalized spacial score (nSPS) is 18.2. The summed E-state index contributed by atoms with van der Waals surface area (Å²) in [6.45, 7) is 11.4. The van der Waals surface area contributed by atoms with Crippen LogP contribution in [-0.2, 0) is 11.8 Å². The number of rotatable bonds is 1. The number of aliphatic imine (C=N–C) groups is 1. The fraction of sp³-hybridized carbons (Fsp3) is 0.526. The van der Waals surface area contributed by atoms with Crippen LogP contribution in [0.15, 0.2) is 28.8 Å². The van der Waals surface area contributed by atoms with Crippen molar-refractivity contribution in [2.45, 2.75) is 59.3 Å². The van der Waals surface area contributed by atoms with Crippen LogP contribution in [0.4, 0.5) is 0 Å². The topological polar surface area (TPSA) is 12.4 Å². The van der Waals surface area contributed by atoms with Crippen molar-refractivity contribution in [1.29, 1.82) is 0 Å². The van der Waals surface area contributed by atoms with Crippen molar-refractivity contribution in [1.82, 2.24) is 0 Å². The second kappa shape index (κ2) is 4.58. The third kappa shape index (κ3) is 2.24. The Kier molecular flexibility index (Phi) is 3.12. The Morgan fingerprint density at radius 1 is 1.10 bits per heavy atom. The molecule has 0 saturated heterocycles. The van der Waals surface area contributed by atoms with Gasteiger partial charge in [-0.3, -0.25) is 4.99 Å². The highest BCUT2D eigenvalue weighted by Crippen LogP contribution is 2.40. The largest absolute Gasteiger partial charge is 0.257 e. The number of hydrogen-bond donors (Lipinski definition) is 0. The fourth-order valence-electron chi connectivity index (χ4n) is 3.14. The summed E-state index contributed by atoms with van der Waals surface area (Å²) in [4.78, 5) is 4.94. The van der Waals surface area contributed by atoms with Gasteiger partial charge in [-0.05, 0) is 40.9 Å². The lowest BCUT2D eigenvalue weighted by molar-refractivity contribution is 0.589. The minimum absolute atomic E-state index is 0.228. The maximum absolute atomic E-state index is 4.94. The smallest absolute Gasteiger partial charge is 0.0700 e. The van der Waals surface area contributed by atoms with Gasteiger partial charge in [-0.15, -0.1) is 0 Å². The lowest BCUT2D eigenvalue weighted by atomic mass is 9.81. The van der Waals surface area contributed by atoms with E-state index >= 15 is 0 Å². The van der Waals surface area contributed by atoms with E-state index in [0.717, 1.165) is 6.42 Å². The summed E-state index contributed by atoms with van der Waals surface area (Å²) >= 11 is 0. The molecular formula is C19H25N. The first-order valence-corrected chi connectivity index (χ1v) is 7.79. The highest BCUT2D eigenvalue weighted by Gasteiger charge is 2.26. The van der Waals surface area contributed by atoms with Gasteiger partial charge in [0, 0.05) is 17.7 Å². The maximum atomic E-state index is 4.94. The molecule has 1 nitrogen and oxygen atoms in total. The predicted octanol–water partition coefficient (Wildman–Crippen LogP) is 5.14. The first-order valence-electron chi connectivity index (χ1n) is 7.79. The third-order valence-electron chi connectivity index (χ3n) is 4.57. The average molecular weight is 267 g/mol. The molecule has 0 unspecified atom stereocenters. The van der Waals surface area contributed by atoms with E-state index in [1.165, 1.54) is 40.9 Å². The number of aryl methyl sites for hydroxylation is 1. The molecule has 0 spiro atoms. The van der Waals surface area contributed by atoms with Gasteiger partial charge in [0.25, 0.3) is 0 Å². The molecule has 1 heteroatoms. The minimum Gasteiger partial charge on any atom is -0.257 e. The molecule has 106 valence electrons. The molecule has 1 aliphatic carbocycles. The molecule has 0 N–H and O–H groups in total. The maximum Gasteiger partial charge on any atom is 0.0700 e. The second-order valence-corrected chi connectivity index (χ2v) is 7.51. The van der Waals surface area contributed by atoms with Crippen molar-refractivity contribution < 1.29 is 0 Å². The minimum atomic E-state index is 0.228. The van der Waals surface area contributed by atoms with E-state index in [-0.39, 0.29) is 5.41 Å². The van der Waals surface area contributed by atoms with Gasteiger partial charge in [-0.25, -0.2) is 0 Å². The van der Waals surface area contributed by atoms with Crippen LogP contribution in [0.2, 0.25) is 0 Å². The van der Waals surface area contributed by atoms with Crippen LogP contribution in [0, 0.1) is 5.92 Å². The molecule has 3 rings (SSSR count). The molecule has 0 saturated carbocycles. The zero-order valence-corrected chi connectivity index (χ0v) is 13.4. The number of nitrogens with zero attached hydrogens (tertiary/aromatic N) is 1. The first kappa shape index (κ1) is 13.6. The molecule has 0 bridgehead atoms. The molecule has 0 aromatic heterocycles. The zero-order chi connectivity index (χ0) is 14.5.